The first-order chi connectivity index (χ1) is 9.68. The van der Waals surface area contributed by atoms with Gasteiger partial charge in [0.2, 0.25) is 5.91 Å². The highest BCUT2D eigenvalue weighted by molar-refractivity contribution is 7.99. The molecule has 108 valence electrons. The minimum absolute atomic E-state index is 0.141. The van der Waals surface area contributed by atoms with Crippen LogP contribution in [0.2, 0.25) is 5.02 Å². The molecule has 0 spiro atoms. The summed E-state index contributed by atoms with van der Waals surface area (Å²) < 4.78 is 0. The molecule has 3 nitrogen and oxygen atoms in total. The Morgan fingerprint density at radius 2 is 2.35 bits per heavy atom. The van der Waals surface area contributed by atoms with Gasteiger partial charge in [-0.05, 0) is 30.5 Å². The fourth-order valence-corrected chi connectivity index (χ4v) is 3.83. The topological polar surface area (TPSA) is 41.1 Å². The number of benzene rings is 1. The Balaban J connectivity index is 1.60. The smallest absolute Gasteiger partial charge is 0.222 e. The average Bonchev–Trinajstić information content (AvgIpc) is 3.20. The van der Waals surface area contributed by atoms with Crippen LogP contribution >= 0.6 is 23.4 Å². The summed E-state index contributed by atoms with van der Waals surface area (Å²) in [6.07, 6.45) is 2.58. The Kier molecular flexibility index (Phi) is 4.24. The number of carbonyl (C=O) groups is 1. The molecule has 1 atom stereocenters. The van der Waals surface area contributed by atoms with E-state index in [0.717, 1.165) is 41.5 Å². The van der Waals surface area contributed by atoms with Gasteiger partial charge in [0, 0.05) is 35.5 Å². The molecule has 5 heteroatoms. The largest absolute Gasteiger partial charge is 0.347 e. The van der Waals surface area contributed by atoms with Crippen LogP contribution in [0.4, 0.5) is 0 Å². The lowest BCUT2D eigenvalue weighted by molar-refractivity contribution is -0.122. The Morgan fingerprint density at radius 3 is 3.00 bits per heavy atom. The fraction of sp³-hybridized carbons (Fsp3) is 0.533. The van der Waals surface area contributed by atoms with Crippen molar-refractivity contribution in [2.45, 2.75) is 30.8 Å². The Bertz CT molecular complexity index is 498. The Labute approximate surface area is 128 Å². The number of hydrogen-bond acceptors (Lipinski definition) is 3. The number of rotatable bonds is 4. The van der Waals surface area contributed by atoms with Crippen LogP contribution in [-0.4, -0.2) is 30.0 Å². The van der Waals surface area contributed by atoms with E-state index in [1.165, 1.54) is 0 Å². The number of carbonyl (C=O) groups excluding carboxylic acids is 1. The lowest BCUT2D eigenvalue weighted by atomic mass is 10.0. The van der Waals surface area contributed by atoms with E-state index in [-0.39, 0.29) is 11.4 Å². The molecule has 2 N–H and O–H groups in total. The van der Waals surface area contributed by atoms with Crippen molar-refractivity contribution in [1.82, 2.24) is 10.6 Å². The molecular weight excluding hydrogens is 292 g/mol. The van der Waals surface area contributed by atoms with Crippen molar-refractivity contribution < 1.29 is 4.79 Å². The number of amides is 1. The zero-order valence-corrected chi connectivity index (χ0v) is 12.9. The van der Waals surface area contributed by atoms with Crippen molar-refractivity contribution in [2.75, 3.05) is 18.1 Å². The van der Waals surface area contributed by atoms with Gasteiger partial charge in [0.15, 0.2) is 0 Å². The third-order valence-electron chi connectivity index (χ3n) is 3.94. The van der Waals surface area contributed by atoms with Crippen LogP contribution in [0.1, 0.15) is 24.8 Å². The molecule has 2 aliphatic rings. The van der Waals surface area contributed by atoms with E-state index in [9.17, 15) is 4.79 Å². The highest BCUT2D eigenvalue weighted by atomic mass is 35.5. The monoisotopic (exact) mass is 310 g/mol. The summed E-state index contributed by atoms with van der Waals surface area (Å²) in [6, 6.07) is 8.14. The molecule has 1 aromatic carbocycles. The third-order valence-corrected chi connectivity index (χ3v) is 5.30. The van der Waals surface area contributed by atoms with Crippen LogP contribution < -0.4 is 10.6 Å². The molecule has 2 fully saturated rings. The van der Waals surface area contributed by atoms with Crippen molar-refractivity contribution in [1.29, 1.82) is 0 Å². The van der Waals surface area contributed by atoms with Gasteiger partial charge in [-0.2, -0.15) is 11.8 Å². The van der Waals surface area contributed by atoms with Crippen LogP contribution in [0.5, 0.6) is 0 Å². The van der Waals surface area contributed by atoms with Gasteiger partial charge in [0.05, 0.1) is 5.54 Å². The minimum Gasteiger partial charge on any atom is -0.347 e. The van der Waals surface area contributed by atoms with E-state index in [1.54, 1.807) is 0 Å². The molecule has 0 aromatic heterocycles. The van der Waals surface area contributed by atoms with Gasteiger partial charge < -0.3 is 10.6 Å². The maximum Gasteiger partial charge on any atom is 0.222 e. The molecule has 1 saturated carbocycles. The zero-order valence-electron chi connectivity index (χ0n) is 11.3. The first kappa shape index (κ1) is 14.2. The standard InChI is InChI=1S/C15H19ClN2OS/c16-12-3-1-2-11(8-12)15(4-5-15)18-14(19)9-13-10-20-7-6-17-13/h1-3,8,13,17H,4-7,9-10H2,(H,18,19). The second-order valence-corrected chi connectivity index (χ2v) is 7.16. The van der Waals surface area contributed by atoms with Crippen molar-refractivity contribution >= 4 is 29.3 Å². The molecule has 1 unspecified atom stereocenters. The number of hydrogen-bond donors (Lipinski definition) is 2. The molecule has 1 aliphatic carbocycles. The quantitative estimate of drug-likeness (QED) is 0.898. The predicted molar refractivity (Wildman–Crippen MR) is 84.2 cm³/mol. The van der Waals surface area contributed by atoms with Gasteiger partial charge in [-0.15, -0.1) is 0 Å². The van der Waals surface area contributed by atoms with E-state index < -0.39 is 0 Å². The van der Waals surface area contributed by atoms with Crippen LogP contribution in [0.25, 0.3) is 0 Å². The molecular formula is C15H19ClN2OS. The third kappa shape index (κ3) is 3.30. The highest BCUT2D eigenvalue weighted by Gasteiger charge is 2.45. The molecule has 1 heterocycles. The molecule has 1 saturated heterocycles. The molecule has 0 radical (unpaired) electrons. The summed E-state index contributed by atoms with van der Waals surface area (Å²) in [5.41, 5.74) is 0.966. The zero-order chi connectivity index (χ0) is 14.0. The molecule has 1 amide bonds. The van der Waals surface area contributed by atoms with Crippen LogP contribution in [-0.2, 0) is 10.3 Å². The van der Waals surface area contributed by atoms with Crippen LogP contribution in [0.3, 0.4) is 0 Å². The van der Waals surface area contributed by atoms with Gasteiger partial charge >= 0.3 is 0 Å². The Morgan fingerprint density at radius 1 is 1.50 bits per heavy atom. The van der Waals surface area contributed by atoms with Crippen molar-refractivity contribution in [3.63, 3.8) is 0 Å². The summed E-state index contributed by atoms with van der Waals surface area (Å²) in [4.78, 5) is 12.2. The normalized spacial score (nSPS) is 24.1. The van der Waals surface area contributed by atoms with Crippen LogP contribution in [0.15, 0.2) is 24.3 Å². The summed E-state index contributed by atoms with van der Waals surface area (Å²) in [5.74, 6) is 2.31. The summed E-state index contributed by atoms with van der Waals surface area (Å²) in [7, 11) is 0. The minimum atomic E-state index is -0.163. The lowest BCUT2D eigenvalue weighted by Gasteiger charge is -2.24. The molecule has 1 aromatic rings. The van der Waals surface area contributed by atoms with E-state index >= 15 is 0 Å². The second-order valence-electron chi connectivity index (χ2n) is 5.57. The number of thioether (sulfide) groups is 1. The SMILES string of the molecule is O=C(CC1CSCCN1)NC1(c2cccc(Cl)c2)CC1. The van der Waals surface area contributed by atoms with Gasteiger partial charge in [0.25, 0.3) is 0 Å². The maximum absolute atomic E-state index is 12.2. The first-order valence-electron chi connectivity index (χ1n) is 7.06. The number of nitrogens with one attached hydrogen (secondary N) is 2. The van der Waals surface area contributed by atoms with Crippen LogP contribution in [0, 0.1) is 0 Å². The molecule has 3 rings (SSSR count). The average molecular weight is 311 g/mol. The summed E-state index contributed by atoms with van der Waals surface area (Å²) >= 11 is 7.96. The summed E-state index contributed by atoms with van der Waals surface area (Å²) in [6.45, 7) is 1.00. The second kappa shape index (κ2) is 5.96. The van der Waals surface area contributed by atoms with E-state index in [2.05, 4.69) is 10.6 Å². The lowest BCUT2D eigenvalue weighted by Crippen LogP contribution is -2.43. The first-order valence-corrected chi connectivity index (χ1v) is 8.59. The summed E-state index contributed by atoms with van der Waals surface area (Å²) in [5, 5.41) is 7.34. The molecule has 20 heavy (non-hydrogen) atoms. The van der Waals surface area contributed by atoms with E-state index in [1.807, 2.05) is 36.0 Å². The fourth-order valence-electron chi connectivity index (χ4n) is 2.69. The number of halogens is 1. The van der Waals surface area contributed by atoms with E-state index in [4.69, 9.17) is 11.6 Å². The van der Waals surface area contributed by atoms with Crippen molar-refractivity contribution in [3.8, 4) is 0 Å². The Hall–Kier alpha value is -0.710. The molecule has 1 aliphatic heterocycles. The van der Waals surface area contributed by atoms with Gasteiger partial charge in [-0.1, -0.05) is 23.7 Å². The highest BCUT2D eigenvalue weighted by Crippen LogP contribution is 2.46. The van der Waals surface area contributed by atoms with E-state index in [0.29, 0.717) is 12.5 Å². The van der Waals surface area contributed by atoms with Crippen molar-refractivity contribution in [3.05, 3.63) is 34.9 Å². The van der Waals surface area contributed by atoms with Crippen molar-refractivity contribution in [2.24, 2.45) is 0 Å². The maximum atomic E-state index is 12.2. The molecule has 0 bridgehead atoms. The van der Waals surface area contributed by atoms with Gasteiger partial charge in [0.1, 0.15) is 0 Å². The van der Waals surface area contributed by atoms with Gasteiger partial charge in [-0.25, -0.2) is 0 Å². The van der Waals surface area contributed by atoms with Gasteiger partial charge in [-0.3, -0.25) is 4.79 Å². The predicted octanol–water partition coefficient (Wildman–Crippen LogP) is 2.54.